The maximum absolute atomic E-state index is 6.22. The summed E-state index contributed by atoms with van der Waals surface area (Å²) in [6.07, 6.45) is 7.45. The third kappa shape index (κ3) is 3.94. The molecule has 0 aromatic rings. The Balaban J connectivity index is 2.72. The summed E-state index contributed by atoms with van der Waals surface area (Å²) in [6, 6.07) is 0.438. The first kappa shape index (κ1) is 15.9. The normalized spacial score (nSPS) is 22.7. The molecule has 2 unspecified atom stereocenters. The fourth-order valence-corrected chi connectivity index (χ4v) is 3.52. The van der Waals surface area contributed by atoms with E-state index in [0.717, 1.165) is 19.6 Å². The Morgan fingerprint density at radius 3 is 2.39 bits per heavy atom. The van der Waals surface area contributed by atoms with Gasteiger partial charge in [-0.3, -0.25) is 0 Å². The maximum Gasteiger partial charge on any atom is 0.0837 e. The van der Waals surface area contributed by atoms with Crippen LogP contribution in [0, 0.1) is 5.92 Å². The predicted molar refractivity (Wildman–Crippen MR) is 75.9 cm³/mol. The van der Waals surface area contributed by atoms with Crippen molar-refractivity contribution in [3.63, 3.8) is 0 Å². The van der Waals surface area contributed by atoms with Crippen molar-refractivity contribution in [2.45, 2.75) is 64.0 Å². The number of likely N-dealkylation sites (N-methyl/N-ethyl adjacent to an activating group) is 1. The second-order valence-electron chi connectivity index (χ2n) is 5.58. The Labute approximate surface area is 113 Å². The minimum atomic E-state index is 0.0505. The third-order valence-corrected chi connectivity index (χ3v) is 4.36. The second kappa shape index (κ2) is 8.13. The summed E-state index contributed by atoms with van der Waals surface area (Å²) in [5.74, 6) is 0.583. The Bertz CT molecular complexity index is 209. The smallest absolute Gasteiger partial charge is 0.0837 e. The second-order valence-corrected chi connectivity index (χ2v) is 5.58. The van der Waals surface area contributed by atoms with Gasteiger partial charge in [-0.1, -0.05) is 26.2 Å². The maximum atomic E-state index is 6.22. The average Bonchev–Trinajstić information content (AvgIpc) is 2.38. The molecule has 0 heterocycles. The molecule has 1 aliphatic rings. The largest absolute Gasteiger partial charge is 0.385 e. The van der Waals surface area contributed by atoms with Gasteiger partial charge in [-0.15, -0.1) is 0 Å². The van der Waals surface area contributed by atoms with Crippen LogP contribution in [0.2, 0.25) is 0 Å². The van der Waals surface area contributed by atoms with Crippen LogP contribution < -0.4 is 5.32 Å². The molecule has 18 heavy (non-hydrogen) atoms. The van der Waals surface area contributed by atoms with Crippen LogP contribution in [0.4, 0.5) is 0 Å². The van der Waals surface area contributed by atoms with Crippen molar-refractivity contribution in [3.8, 4) is 0 Å². The standard InChI is InChI=1S/C15H31NO2/c1-5-18-15(10-7-6-8-11-15)14(16-3)13(2)9-12-17-4/h13-14,16H,5-12H2,1-4H3. The molecule has 1 aliphatic carbocycles. The van der Waals surface area contributed by atoms with Gasteiger partial charge in [-0.2, -0.15) is 0 Å². The highest BCUT2D eigenvalue weighted by Gasteiger charge is 2.42. The minimum Gasteiger partial charge on any atom is -0.385 e. The summed E-state index contributed by atoms with van der Waals surface area (Å²) in [4.78, 5) is 0. The van der Waals surface area contributed by atoms with Gasteiger partial charge in [0.05, 0.1) is 5.60 Å². The Hall–Kier alpha value is -0.120. The van der Waals surface area contributed by atoms with E-state index in [4.69, 9.17) is 9.47 Å². The third-order valence-electron chi connectivity index (χ3n) is 4.36. The zero-order valence-corrected chi connectivity index (χ0v) is 12.6. The van der Waals surface area contributed by atoms with Crippen LogP contribution in [0.15, 0.2) is 0 Å². The fourth-order valence-electron chi connectivity index (χ4n) is 3.52. The number of nitrogens with one attached hydrogen (secondary N) is 1. The average molecular weight is 257 g/mol. The summed E-state index contributed by atoms with van der Waals surface area (Å²) in [7, 11) is 3.85. The first-order chi connectivity index (χ1) is 8.70. The first-order valence-corrected chi connectivity index (χ1v) is 7.50. The highest BCUT2D eigenvalue weighted by molar-refractivity contribution is 4.97. The van der Waals surface area contributed by atoms with Gasteiger partial charge in [-0.05, 0) is 39.2 Å². The van der Waals surface area contributed by atoms with Gasteiger partial charge >= 0.3 is 0 Å². The van der Waals surface area contributed by atoms with Crippen LogP contribution in [0.25, 0.3) is 0 Å². The number of hydrogen-bond acceptors (Lipinski definition) is 3. The van der Waals surface area contributed by atoms with E-state index in [9.17, 15) is 0 Å². The lowest BCUT2D eigenvalue weighted by molar-refractivity contribution is -0.101. The van der Waals surface area contributed by atoms with Gasteiger partial charge in [-0.25, -0.2) is 0 Å². The van der Waals surface area contributed by atoms with E-state index in [2.05, 4.69) is 26.2 Å². The molecule has 3 heteroatoms. The highest BCUT2D eigenvalue weighted by atomic mass is 16.5. The van der Waals surface area contributed by atoms with Gasteiger partial charge in [0.1, 0.15) is 0 Å². The number of rotatable bonds is 8. The SMILES string of the molecule is CCOC1(C(NC)C(C)CCOC)CCCCC1. The summed E-state index contributed by atoms with van der Waals surface area (Å²) in [5, 5.41) is 3.53. The van der Waals surface area contributed by atoms with E-state index in [1.807, 2.05) is 0 Å². The number of methoxy groups -OCH3 is 1. The van der Waals surface area contributed by atoms with Gasteiger partial charge in [0.15, 0.2) is 0 Å². The summed E-state index contributed by atoms with van der Waals surface area (Å²) >= 11 is 0. The summed E-state index contributed by atoms with van der Waals surface area (Å²) in [5.41, 5.74) is 0.0505. The van der Waals surface area contributed by atoms with E-state index < -0.39 is 0 Å². The molecule has 3 nitrogen and oxygen atoms in total. The summed E-state index contributed by atoms with van der Waals surface area (Å²) in [6.45, 7) is 6.08. The van der Waals surface area contributed by atoms with Crippen LogP contribution in [-0.4, -0.2) is 39.0 Å². The molecular weight excluding hydrogens is 226 g/mol. The van der Waals surface area contributed by atoms with Crippen molar-refractivity contribution in [1.29, 1.82) is 0 Å². The minimum absolute atomic E-state index is 0.0505. The monoisotopic (exact) mass is 257 g/mol. The Kier molecular flexibility index (Phi) is 7.20. The fraction of sp³-hybridized carbons (Fsp3) is 1.00. The van der Waals surface area contributed by atoms with Crippen molar-refractivity contribution in [2.75, 3.05) is 27.4 Å². The number of hydrogen-bond donors (Lipinski definition) is 1. The van der Waals surface area contributed by atoms with Gasteiger partial charge in [0, 0.05) is 26.4 Å². The highest BCUT2D eigenvalue weighted by Crippen LogP contribution is 2.37. The number of ether oxygens (including phenoxy) is 2. The van der Waals surface area contributed by atoms with Gasteiger partial charge in [0.2, 0.25) is 0 Å². The van der Waals surface area contributed by atoms with Crippen LogP contribution >= 0.6 is 0 Å². The van der Waals surface area contributed by atoms with Crippen LogP contribution in [0.1, 0.15) is 52.4 Å². The molecule has 0 bridgehead atoms. The molecule has 1 rings (SSSR count). The van der Waals surface area contributed by atoms with Gasteiger partial charge < -0.3 is 14.8 Å². The molecule has 0 radical (unpaired) electrons. The van der Waals surface area contributed by atoms with Crippen molar-refractivity contribution in [2.24, 2.45) is 5.92 Å². The topological polar surface area (TPSA) is 30.5 Å². The lowest BCUT2D eigenvalue weighted by Crippen LogP contribution is -2.56. The summed E-state index contributed by atoms with van der Waals surface area (Å²) < 4.78 is 11.4. The first-order valence-electron chi connectivity index (χ1n) is 7.50. The van der Waals surface area contributed by atoms with Crippen LogP contribution in [-0.2, 0) is 9.47 Å². The van der Waals surface area contributed by atoms with E-state index in [0.29, 0.717) is 12.0 Å². The zero-order chi connectivity index (χ0) is 13.4. The van der Waals surface area contributed by atoms with Crippen molar-refractivity contribution < 1.29 is 9.47 Å². The predicted octanol–water partition coefficient (Wildman–Crippen LogP) is 2.99. The molecule has 0 amide bonds. The zero-order valence-electron chi connectivity index (χ0n) is 12.6. The molecule has 1 N–H and O–H groups in total. The molecule has 0 aliphatic heterocycles. The van der Waals surface area contributed by atoms with Crippen molar-refractivity contribution in [1.82, 2.24) is 5.32 Å². The molecule has 2 atom stereocenters. The molecule has 0 aromatic carbocycles. The lowest BCUT2D eigenvalue weighted by atomic mass is 9.74. The van der Waals surface area contributed by atoms with Crippen molar-refractivity contribution in [3.05, 3.63) is 0 Å². The quantitative estimate of drug-likeness (QED) is 0.725. The molecule has 108 valence electrons. The molecular formula is C15H31NO2. The van der Waals surface area contributed by atoms with E-state index in [1.54, 1.807) is 7.11 Å². The van der Waals surface area contributed by atoms with Gasteiger partial charge in [0.25, 0.3) is 0 Å². The molecule has 1 fully saturated rings. The van der Waals surface area contributed by atoms with Crippen molar-refractivity contribution >= 4 is 0 Å². The molecule has 0 aromatic heterocycles. The van der Waals surface area contributed by atoms with E-state index in [1.165, 1.54) is 32.1 Å². The van der Waals surface area contributed by atoms with E-state index >= 15 is 0 Å². The molecule has 0 spiro atoms. The van der Waals surface area contributed by atoms with Crippen LogP contribution in [0.3, 0.4) is 0 Å². The van der Waals surface area contributed by atoms with E-state index in [-0.39, 0.29) is 5.60 Å². The Morgan fingerprint density at radius 1 is 1.22 bits per heavy atom. The lowest BCUT2D eigenvalue weighted by Gasteiger charge is -2.45. The Morgan fingerprint density at radius 2 is 1.89 bits per heavy atom. The molecule has 1 saturated carbocycles. The molecule has 0 saturated heterocycles. The van der Waals surface area contributed by atoms with Crippen LogP contribution in [0.5, 0.6) is 0 Å².